The Morgan fingerprint density at radius 1 is 1.20 bits per heavy atom. The summed E-state index contributed by atoms with van der Waals surface area (Å²) in [4.78, 5) is 0. The first-order valence-corrected chi connectivity index (χ1v) is 7.80. The van der Waals surface area contributed by atoms with Gasteiger partial charge in [-0.1, -0.05) is 38.8 Å². The lowest BCUT2D eigenvalue weighted by atomic mass is 9.76. The summed E-state index contributed by atoms with van der Waals surface area (Å²) in [6, 6.07) is 7.33. The molecule has 1 aromatic rings. The average molecular weight is 279 g/mol. The van der Waals surface area contributed by atoms with Crippen molar-refractivity contribution in [3.63, 3.8) is 0 Å². The van der Waals surface area contributed by atoms with Gasteiger partial charge >= 0.3 is 0 Å². The molecule has 0 amide bonds. The topological polar surface area (TPSA) is 32.3 Å². The Morgan fingerprint density at radius 3 is 2.35 bits per heavy atom. The van der Waals surface area contributed by atoms with Crippen molar-refractivity contribution in [2.45, 2.75) is 57.6 Å². The van der Waals surface area contributed by atoms with Crippen molar-refractivity contribution in [3.05, 3.63) is 35.6 Å². The third-order valence-electron chi connectivity index (χ3n) is 4.69. The summed E-state index contributed by atoms with van der Waals surface area (Å²) in [7, 11) is 0. The van der Waals surface area contributed by atoms with Crippen LogP contribution in [0.15, 0.2) is 24.3 Å². The molecule has 0 saturated heterocycles. The van der Waals surface area contributed by atoms with Crippen LogP contribution >= 0.6 is 0 Å². The van der Waals surface area contributed by atoms with Gasteiger partial charge in [-0.25, -0.2) is 4.39 Å². The van der Waals surface area contributed by atoms with Crippen LogP contribution in [0.4, 0.5) is 4.39 Å². The largest absolute Gasteiger partial charge is 0.392 e. The van der Waals surface area contributed by atoms with Crippen molar-refractivity contribution in [1.29, 1.82) is 0 Å². The maximum absolute atomic E-state index is 12.9. The minimum Gasteiger partial charge on any atom is -0.392 e. The predicted octanol–water partition coefficient (Wildman–Crippen LogP) is 3.46. The Balaban J connectivity index is 1.70. The molecule has 1 aliphatic rings. The van der Waals surface area contributed by atoms with Crippen molar-refractivity contribution in [3.8, 4) is 0 Å². The molecule has 0 spiro atoms. The van der Waals surface area contributed by atoms with Crippen LogP contribution in [-0.2, 0) is 0 Å². The quantitative estimate of drug-likeness (QED) is 0.801. The lowest BCUT2D eigenvalue weighted by molar-refractivity contribution is 0.0925. The summed E-state index contributed by atoms with van der Waals surface area (Å²) in [5.74, 6) is 0.768. The Hall–Kier alpha value is -0.930. The number of hydrogen-bond acceptors (Lipinski definition) is 2. The molecule has 0 aliphatic heterocycles. The summed E-state index contributed by atoms with van der Waals surface area (Å²) >= 11 is 0. The fourth-order valence-electron chi connectivity index (χ4n) is 3.08. The summed E-state index contributed by atoms with van der Waals surface area (Å²) in [5, 5.41) is 13.5. The van der Waals surface area contributed by atoms with Crippen molar-refractivity contribution < 1.29 is 9.50 Å². The van der Waals surface area contributed by atoms with Crippen molar-refractivity contribution >= 4 is 0 Å². The van der Waals surface area contributed by atoms with Crippen LogP contribution in [0.1, 0.15) is 51.0 Å². The Morgan fingerprint density at radius 2 is 1.80 bits per heavy atom. The number of nitrogens with one attached hydrogen (secondary N) is 1. The van der Waals surface area contributed by atoms with Gasteiger partial charge in [-0.15, -0.1) is 0 Å². The van der Waals surface area contributed by atoms with Crippen LogP contribution in [-0.4, -0.2) is 23.8 Å². The second-order valence-corrected chi connectivity index (χ2v) is 5.97. The van der Waals surface area contributed by atoms with Crippen LogP contribution in [0.25, 0.3) is 0 Å². The minimum absolute atomic E-state index is 0.170. The molecule has 1 unspecified atom stereocenters. The molecule has 1 atom stereocenters. The summed E-state index contributed by atoms with van der Waals surface area (Å²) < 4.78 is 12.9. The highest BCUT2D eigenvalue weighted by molar-refractivity contribution is 5.23. The van der Waals surface area contributed by atoms with Gasteiger partial charge in [-0.05, 0) is 42.4 Å². The fourth-order valence-corrected chi connectivity index (χ4v) is 3.08. The molecule has 3 heteroatoms. The van der Waals surface area contributed by atoms with Gasteiger partial charge in [0, 0.05) is 12.6 Å². The maximum atomic E-state index is 12.9. The summed E-state index contributed by atoms with van der Waals surface area (Å²) in [5.41, 5.74) is 1.23. The van der Waals surface area contributed by atoms with Crippen LogP contribution in [0, 0.1) is 11.7 Å². The van der Waals surface area contributed by atoms with Gasteiger partial charge < -0.3 is 10.4 Å². The number of aliphatic hydroxyl groups excluding tert-OH is 1. The van der Waals surface area contributed by atoms with Gasteiger partial charge in [-0.3, -0.25) is 0 Å². The zero-order valence-electron chi connectivity index (χ0n) is 12.5. The molecule has 0 bridgehead atoms. The van der Waals surface area contributed by atoms with E-state index in [-0.39, 0.29) is 11.9 Å². The Kier molecular flexibility index (Phi) is 5.55. The van der Waals surface area contributed by atoms with E-state index < -0.39 is 0 Å². The SMILES string of the molecule is CCC(CC)C(O)CNC1CC(c2ccc(F)cc2)C1. The van der Waals surface area contributed by atoms with E-state index in [1.807, 2.05) is 12.1 Å². The van der Waals surface area contributed by atoms with Crippen molar-refractivity contribution in [1.82, 2.24) is 5.32 Å². The molecule has 0 aromatic heterocycles. The number of aliphatic hydroxyl groups is 1. The minimum atomic E-state index is -0.241. The van der Waals surface area contributed by atoms with Gasteiger partial charge in [0.2, 0.25) is 0 Å². The van der Waals surface area contributed by atoms with Crippen LogP contribution < -0.4 is 5.32 Å². The van der Waals surface area contributed by atoms with Crippen LogP contribution in [0.3, 0.4) is 0 Å². The zero-order valence-corrected chi connectivity index (χ0v) is 12.5. The first-order valence-electron chi connectivity index (χ1n) is 7.80. The number of halogens is 1. The first-order chi connectivity index (χ1) is 9.63. The average Bonchev–Trinajstić information content (AvgIpc) is 2.40. The van der Waals surface area contributed by atoms with Crippen LogP contribution in [0.5, 0.6) is 0 Å². The maximum Gasteiger partial charge on any atom is 0.123 e. The van der Waals surface area contributed by atoms with Crippen LogP contribution in [0.2, 0.25) is 0 Å². The van der Waals surface area contributed by atoms with E-state index in [1.165, 1.54) is 17.7 Å². The number of benzene rings is 1. The zero-order chi connectivity index (χ0) is 14.5. The Bertz CT molecular complexity index is 396. The van der Waals surface area contributed by atoms with Crippen molar-refractivity contribution in [2.24, 2.45) is 5.92 Å². The monoisotopic (exact) mass is 279 g/mol. The molecule has 20 heavy (non-hydrogen) atoms. The van der Waals surface area contributed by atoms with Gasteiger partial charge in [0.05, 0.1) is 6.10 Å². The second-order valence-electron chi connectivity index (χ2n) is 5.97. The highest BCUT2D eigenvalue weighted by atomic mass is 19.1. The molecule has 0 heterocycles. The molecule has 1 aromatic carbocycles. The molecule has 2 nitrogen and oxygen atoms in total. The standard InChI is InChI=1S/C17H26FNO/c1-3-12(4-2)17(20)11-19-16-9-14(10-16)13-5-7-15(18)8-6-13/h5-8,12,14,16-17,19-20H,3-4,9-11H2,1-2H3. The van der Waals surface area contributed by atoms with E-state index in [1.54, 1.807) is 0 Å². The van der Waals surface area contributed by atoms with Gasteiger partial charge in [0.1, 0.15) is 5.82 Å². The smallest absolute Gasteiger partial charge is 0.123 e. The number of rotatable bonds is 7. The lowest BCUT2D eigenvalue weighted by Crippen LogP contribution is -2.44. The normalized spacial score (nSPS) is 23.6. The van der Waals surface area contributed by atoms with E-state index in [0.29, 0.717) is 24.4 Å². The van der Waals surface area contributed by atoms with Crippen molar-refractivity contribution in [2.75, 3.05) is 6.54 Å². The van der Waals surface area contributed by atoms with Gasteiger partial charge in [-0.2, -0.15) is 0 Å². The third-order valence-corrected chi connectivity index (χ3v) is 4.69. The molecule has 1 saturated carbocycles. The highest BCUT2D eigenvalue weighted by Gasteiger charge is 2.30. The molecule has 2 N–H and O–H groups in total. The second kappa shape index (κ2) is 7.19. The lowest BCUT2D eigenvalue weighted by Gasteiger charge is -2.37. The summed E-state index contributed by atoms with van der Waals surface area (Å²) in [6.45, 7) is 4.95. The fraction of sp³-hybridized carbons (Fsp3) is 0.647. The molecular weight excluding hydrogens is 253 g/mol. The molecule has 1 fully saturated rings. The van der Waals surface area contributed by atoms with E-state index in [4.69, 9.17) is 0 Å². The third kappa shape index (κ3) is 3.80. The molecule has 112 valence electrons. The van der Waals surface area contributed by atoms with E-state index in [0.717, 1.165) is 25.7 Å². The number of hydrogen-bond donors (Lipinski definition) is 2. The van der Waals surface area contributed by atoms with Gasteiger partial charge in [0.15, 0.2) is 0 Å². The highest BCUT2D eigenvalue weighted by Crippen LogP contribution is 2.36. The Labute approximate surface area is 121 Å². The van der Waals surface area contributed by atoms with Gasteiger partial charge in [0.25, 0.3) is 0 Å². The van der Waals surface area contributed by atoms with E-state index in [9.17, 15) is 9.50 Å². The predicted molar refractivity (Wildman–Crippen MR) is 80.2 cm³/mol. The molecule has 2 rings (SSSR count). The van der Waals surface area contributed by atoms with E-state index in [2.05, 4.69) is 19.2 Å². The molecule has 1 aliphatic carbocycles. The molecule has 0 radical (unpaired) electrons. The summed E-state index contributed by atoms with van der Waals surface area (Å²) in [6.07, 6.45) is 3.99. The first kappa shape index (κ1) is 15.5. The molecular formula is C17H26FNO. The van der Waals surface area contributed by atoms with E-state index >= 15 is 0 Å².